The van der Waals surface area contributed by atoms with Crippen molar-refractivity contribution in [2.75, 3.05) is 26.8 Å². The lowest BCUT2D eigenvalue weighted by Crippen LogP contribution is -2.43. The fourth-order valence-electron chi connectivity index (χ4n) is 1.89. The van der Waals surface area contributed by atoms with Gasteiger partial charge < -0.3 is 9.64 Å². The topological polar surface area (TPSA) is 29.5 Å². The highest BCUT2D eigenvalue weighted by atomic mass is 16.5. The lowest BCUT2D eigenvalue weighted by molar-refractivity contribution is -0.128. The van der Waals surface area contributed by atoms with E-state index in [0.29, 0.717) is 0 Å². The van der Waals surface area contributed by atoms with Crippen molar-refractivity contribution in [2.24, 2.45) is 5.41 Å². The van der Waals surface area contributed by atoms with E-state index in [2.05, 4.69) is 13.5 Å². The maximum absolute atomic E-state index is 11.3. The second-order valence-corrected chi connectivity index (χ2v) is 4.27. The van der Waals surface area contributed by atoms with Crippen LogP contribution in [0.1, 0.15) is 19.8 Å². The number of rotatable bonds is 3. The quantitative estimate of drug-likeness (QED) is 0.641. The zero-order valence-electron chi connectivity index (χ0n) is 9.08. The minimum atomic E-state index is 0.0458. The number of amides is 1. The lowest BCUT2D eigenvalue weighted by atomic mass is 9.81. The molecule has 0 aromatic heterocycles. The first kappa shape index (κ1) is 11.2. The van der Waals surface area contributed by atoms with Crippen molar-refractivity contribution in [3.05, 3.63) is 12.7 Å². The molecule has 1 rings (SSSR count). The van der Waals surface area contributed by atoms with Crippen molar-refractivity contribution in [2.45, 2.75) is 19.8 Å². The fourth-order valence-corrected chi connectivity index (χ4v) is 1.89. The van der Waals surface area contributed by atoms with Crippen LogP contribution in [0.5, 0.6) is 0 Å². The SMILES string of the molecule is C=CC(=O)N1CCC(C)(COC)CC1. The van der Waals surface area contributed by atoms with Gasteiger partial charge in [-0.05, 0) is 24.3 Å². The van der Waals surface area contributed by atoms with Gasteiger partial charge in [-0.25, -0.2) is 0 Å². The molecule has 3 nitrogen and oxygen atoms in total. The van der Waals surface area contributed by atoms with E-state index in [4.69, 9.17) is 4.74 Å². The third-order valence-electron chi connectivity index (χ3n) is 2.95. The molecule has 0 aliphatic carbocycles. The summed E-state index contributed by atoms with van der Waals surface area (Å²) in [6.07, 6.45) is 3.42. The second kappa shape index (κ2) is 4.60. The van der Waals surface area contributed by atoms with Crippen molar-refractivity contribution < 1.29 is 9.53 Å². The summed E-state index contributed by atoms with van der Waals surface area (Å²) in [6, 6.07) is 0. The molecule has 1 aliphatic heterocycles. The molecule has 0 aromatic rings. The molecular formula is C11H19NO2. The molecule has 3 heteroatoms. The van der Waals surface area contributed by atoms with Crippen molar-refractivity contribution >= 4 is 5.91 Å². The zero-order chi connectivity index (χ0) is 10.6. The molecule has 0 atom stereocenters. The molecule has 1 heterocycles. The van der Waals surface area contributed by atoms with Crippen LogP contribution in [0.2, 0.25) is 0 Å². The van der Waals surface area contributed by atoms with Gasteiger partial charge in [0.25, 0.3) is 0 Å². The summed E-state index contributed by atoms with van der Waals surface area (Å²) in [5.74, 6) is 0.0458. The second-order valence-electron chi connectivity index (χ2n) is 4.27. The summed E-state index contributed by atoms with van der Waals surface area (Å²) in [7, 11) is 1.73. The molecular weight excluding hydrogens is 178 g/mol. The predicted octanol–water partition coefficient (Wildman–Crippen LogP) is 1.45. The van der Waals surface area contributed by atoms with Gasteiger partial charge in [-0.1, -0.05) is 13.5 Å². The largest absolute Gasteiger partial charge is 0.384 e. The third-order valence-corrected chi connectivity index (χ3v) is 2.95. The first-order chi connectivity index (χ1) is 6.61. The Kier molecular flexibility index (Phi) is 3.69. The standard InChI is InChI=1S/C11H19NO2/c1-4-10(13)12-7-5-11(2,6-8-12)9-14-3/h4H,1,5-9H2,2-3H3. The van der Waals surface area contributed by atoms with Crippen LogP contribution in [0.3, 0.4) is 0 Å². The maximum Gasteiger partial charge on any atom is 0.245 e. The van der Waals surface area contributed by atoms with E-state index >= 15 is 0 Å². The molecule has 0 N–H and O–H groups in total. The van der Waals surface area contributed by atoms with Crippen LogP contribution < -0.4 is 0 Å². The van der Waals surface area contributed by atoms with Crippen LogP contribution in [-0.2, 0) is 9.53 Å². The summed E-state index contributed by atoms with van der Waals surface area (Å²) in [5.41, 5.74) is 0.243. The number of methoxy groups -OCH3 is 1. The van der Waals surface area contributed by atoms with Gasteiger partial charge in [-0.2, -0.15) is 0 Å². The molecule has 1 saturated heterocycles. The Hall–Kier alpha value is -0.830. The van der Waals surface area contributed by atoms with Crippen LogP contribution >= 0.6 is 0 Å². The number of hydrogen-bond donors (Lipinski definition) is 0. The number of ether oxygens (including phenoxy) is 1. The number of carbonyl (C=O) groups excluding carboxylic acids is 1. The fraction of sp³-hybridized carbons (Fsp3) is 0.727. The van der Waals surface area contributed by atoms with E-state index in [0.717, 1.165) is 32.5 Å². The van der Waals surface area contributed by atoms with E-state index in [9.17, 15) is 4.79 Å². The van der Waals surface area contributed by atoms with E-state index < -0.39 is 0 Å². The molecule has 1 fully saturated rings. The van der Waals surface area contributed by atoms with Crippen molar-refractivity contribution in [1.82, 2.24) is 4.90 Å². The zero-order valence-corrected chi connectivity index (χ0v) is 9.08. The molecule has 0 radical (unpaired) electrons. The molecule has 1 amide bonds. The van der Waals surface area contributed by atoms with Crippen molar-refractivity contribution in [1.29, 1.82) is 0 Å². The number of piperidine rings is 1. The van der Waals surface area contributed by atoms with Crippen molar-refractivity contribution in [3.8, 4) is 0 Å². The van der Waals surface area contributed by atoms with Gasteiger partial charge in [0.05, 0.1) is 6.61 Å². The van der Waals surface area contributed by atoms with E-state index in [1.165, 1.54) is 6.08 Å². The summed E-state index contributed by atoms with van der Waals surface area (Å²) >= 11 is 0. The van der Waals surface area contributed by atoms with Gasteiger partial charge in [0.1, 0.15) is 0 Å². The normalized spacial score (nSPS) is 20.6. The first-order valence-corrected chi connectivity index (χ1v) is 5.01. The highest BCUT2D eigenvalue weighted by Gasteiger charge is 2.30. The Morgan fingerprint density at radius 1 is 1.57 bits per heavy atom. The molecule has 0 spiro atoms. The van der Waals surface area contributed by atoms with Gasteiger partial charge in [0.2, 0.25) is 5.91 Å². The molecule has 0 bridgehead atoms. The maximum atomic E-state index is 11.3. The molecule has 1 aliphatic rings. The van der Waals surface area contributed by atoms with Crippen LogP contribution in [0, 0.1) is 5.41 Å². The first-order valence-electron chi connectivity index (χ1n) is 5.01. The lowest BCUT2D eigenvalue weighted by Gasteiger charge is -2.38. The Morgan fingerprint density at radius 2 is 2.14 bits per heavy atom. The van der Waals surface area contributed by atoms with Crippen LogP contribution in [0.4, 0.5) is 0 Å². The van der Waals surface area contributed by atoms with Crippen LogP contribution in [-0.4, -0.2) is 37.6 Å². The summed E-state index contributed by atoms with van der Waals surface area (Å²) in [4.78, 5) is 13.2. The molecule has 80 valence electrons. The Bertz CT molecular complexity index is 217. The van der Waals surface area contributed by atoms with Crippen molar-refractivity contribution in [3.63, 3.8) is 0 Å². The minimum absolute atomic E-state index is 0.0458. The highest BCUT2D eigenvalue weighted by molar-refractivity contribution is 5.87. The number of carbonyl (C=O) groups is 1. The summed E-state index contributed by atoms with van der Waals surface area (Å²) in [6.45, 7) is 8.14. The monoisotopic (exact) mass is 197 g/mol. The number of nitrogens with zero attached hydrogens (tertiary/aromatic N) is 1. The Labute approximate surface area is 85.7 Å². The predicted molar refractivity (Wildman–Crippen MR) is 56.0 cm³/mol. The Morgan fingerprint density at radius 3 is 2.57 bits per heavy atom. The average Bonchev–Trinajstić information content (AvgIpc) is 2.18. The van der Waals surface area contributed by atoms with Gasteiger partial charge in [0.15, 0.2) is 0 Å². The highest BCUT2D eigenvalue weighted by Crippen LogP contribution is 2.30. The molecule has 0 saturated carbocycles. The van der Waals surface area contributed by atoms with Crippen LogP contribution in [0.25, 0.3) is 0 Å². The minimum Gasteiger partial charge on any atom is -0.384 e. The number of likely N-dealkylation sites (tertiary alicyclic amines) is 1. The molecule has 14 heavy (non-hydrogen) atoms. The summed E-state index contributed by atoms with van der Waals surface area (Å²) in [5, 5.41) is 0. The Balaban J connectivity index is 2.45. The molecule has 0 unspecified atom stereocenters. The van der Waals surface area contributed by atoms with Gasteiger partial charge in [-0.3, -0.25) is 4.79 Å². The third kappa shape index (κ3) is 2.58. The smallest absolute Gasteiger partial charge is 0.245 e. The van der Waals surface area contributed by atoms with Gasteiger partial charge in [0, 0.05) is 20.2 Å². The summed E-state index contributed by atoms with van der Waals surface area (Å²) < 4.78 is 5.18. The number of hydrogen-bond acceptors (Lipinski definition) is 2. The van der Waals surface area contributed by atoms with E-state index in [1.54, 1.807) is 7.11 Å². The van der Waals surface area contributed by atoms with Gasteiger partial charge in [-0.15, -0.1) is 0 Å². The van der Waals surface area contributed by atoms with E-state index in [1.807, 2.05) is 4.90 Å². The van der Waals surface area contributed by atoms with Gasteiger partial charge >= 0.3 is 0 Å². The molecule has 0 aromatic carbocycles. The average molecular weight is 197 g/mol. The van der Waals surface area contributed by atoms with Crippen LogP contribution in [0.15, 0.2) is 12.7 Å². The van der Waals surface area contributed by atoms with E-state index in [-0.39, 0.29) is 11.3 Å².